The minimum absolute atomic E-state index is 0.0965. The zero-order valence-electron chi connectivity index (χ0n) is 16.9. The lowest BCUT2D eigenvalue weighted by atomic mass is 10.2. The Morgan fingerprint density at radius 2 is 2.06 bits per heavy atom. The molecule has 1 unspecified atom stereocenters. The van der Waals surface area contributed by atoms with Crippen molar-refractivity contribution in [1.29, 1.82) is 0 Å². The fraction of sp³-hybridized carbons (Fsp3) is 0.286. The van der Waals surface area contributed by atoms with Crippen LogP contribution in [0.4, 0.5) is 11.4 Å². The van der Waals surface area contributed by atoms with Crippen LogP contribution in [0.5, 0.6) is 5.75 Å². The van der Waals surface area contributed by atoms with Crippen molar-refractivity contribution < 1.29 is 14.5 Å². The Bertz CT molecular complexity index is 1240. The third-order valence-corrected chi connectivity index (χ3v) is 6.06. The fourth-order valence-corrected chi connectivity index (χ4v) is 4.20. The number of carbonyl (C=O) groups is 1. The molecule has 1 heterocycles. The highest BCUT2D eigenvalue weighted by atomic mass is 32.2. The minimum atomic E-state index is -0.609. The van der Waals surface area contributed by atoms with Crippen molar-refractivity contribution in [2.75, 3.05) is 12.4 Å². The van der Waals surface area contributed by atoms with Crippen LogP contribution in [-0.2, 0) is 4.79 Å². The van der Waals surface area contributed by atoms with Gasteiger partial charge in [0.25, 0.3) is 11.2 Å². The van der Waals surface area contributed by atoms with Gasteiger partial charge in [0, 0.05) is 18.2 Å². The van der Waals surface area contributed by atoms with Crippen LogP contribution in [0.15, 0.2) is 52.4 Å². The summed E-state index contributed by atoms with van der Waals surface area (Å²) in [5.74, 6) is -0.0663. The number of non-ortho nitro benzene ring substituents is 1. The Hall–Kier alpha value is -3.40. The van der Waals surface area contributed by atoms with Crippen LogP contribution in [0.1, 0.15) is 25.8 Å². The number of para-hydroxylation sites is 1. The van der Waals surface area contributed by atoms with E-state index >= 15 is 0 Å². The quantitative estimate of drug-likeness (QED) is 0.257. The van der Waals surface area contributed by atoms with Crippen LogP contribution in [0.3, 0.4) is 0 Å². The lowest BCUT2D eigenvalue weighted by molar-refractivity contribution is -0.384. The Morgan fingerprint density at radius 1 is 1.32 bits per heavy atom. The van der Waals surface area contributed by atoms with Gasteiger partial charge in [-0.25, -0.2) is 4.98 Å². The summed E-state index contributed by atoms with van der Waals surface area (Å²) in [4.78, 5) is 41.0. The van der Waals surface area contributed by atoms with Gasteiger partial charge in [-0.05, 0) is 38.0 Å². The minimum Gasteiger partial charge on any atom is -0.495 e. The molecule has 1 saturated carbocycles. The molecule has 1 N–H and O–H groups in total. The van der Waals surface area contributed by atoms with E-state index in [9.17, 15) is 19.7 Å². The van der Waals surface area contributed by atoms with E-state index in [-0.39, 0.29) is 28.9 Å². The van der Waals surface area contributed by atoms with Gasteiger partial charge in [-0.1, -0.05) is 23.9 Å². The van der Waals surface area contributed by atoms with E-state index < -0.39 is 10.2 Å². The third-order valence-electron chi connectivity index (χ3n) is 4.99. The molecule has 2 aromatic carbocycles. The normalized spacial score (nSPS) is 14.3. The summed E-state index contributed by atoms with van der Waals surface area (Å²) in [6.45, 7) is 1.70. The van der Waals surface area contributed by atoms with E-state index in [4.69, 9.17) is 4.74 Å². The molecule has 1 atom stereocenters. The Balaban J connectivity index is 1.61. The highest BCUT2D eigenvalue weighted by Gasteiger charge is 2.30. The van der Waals surface area contributed by atoms with Gasteiger partial charge in [-0.2, -0.15) is 0 Å². The summed E-state index contributed by atoms with van der Waals surface area (Å²) >= 11 is 1.18. The summed E-state index contributed by atoms with van der Waals surface area (Å²) in [6, 6.07) is 11.2. The highest BCUT2D eigenvalue weighted by Crippen LogP contribution is 2.38. The number of thioether (sulfide) groups is 1. The fourth-order valence-electron chi connectivity index (χ4n) is 3.22. The topological polar surface area (TPSA) is 116 Å². The molecule has 1 aliphatic carbocycles. The van der Waals surface area contributed by atoms with Gasteiger partial charge in [0.2, 0.25) is 5.91 Å². The molecule has 10 heteroatoms. The molecule has 0 bridgehead atoms. The van der Waals surface area contributed by atoms with Gasteiger partial charge in [0.15, 0.2) is 5.16 Å². The highest BCUT2D eigenvalue weighted by molar-refractivity contribution is 8.00. The molecule has 9 nitrogen and oxygen atoms in total. The second-order valence-corrected chi connectivity index (χ2v) is 8.52. The number of nitro groups is 1. The lowest BCUT2D eigenvalue weighted by Crippen LogP contribution is -2.26. The lowest BCUT2D eigenvalue weighted by Gasteiger charge is -2.17. The van der Waals surface area contributed by atoms with Crippen LogP contribution in [-0.4, -0.2) is 32.7 Å². The van der Waals surface area contributed by atoms with Gasteiger partial charge >= 0.3 is 0 Å². The molecule has 1 amide bonds. The number of nitro benzene ring substituents is 1. The molecular formula is C21H20N4O5S. The predicted molar refractivity (Wildman–Crippen MR) is 118 cm³/mol. The van der Waals surface area contributed by atoms with Crippen LogP contribution in [0.2, 0.25) is 0 Å². The number of anilines is 1. The van der Waals surface area contributed by atoms with Gasteiger partial charge in [0.1, 0.15) is 5.75 Å². The Labute approximate surface area is 181 Å². The summed E-state index contributed by atoms with van der Waals surface area (Å²) in [7, 11) is 1.42. The molecule has 1 aliphatic rings. The van der Waals surface area contributed by atoms with E-state index in [0.29, 0.717) is 21.8 Å². The summed E-state index contributed by atoms with van der Waals surface area (Å²) in [6.07, 6.45) is 1.80. The molecule has 1 aromatic heterocycles. The first kappa shape index (κ1) is 20.9. The van der Waals surface area contributed by atoms with E-state index in [2.05, 4.69) is 10.3 Å². The smallest absolute Gasteiger partial charge is 0.271 e. The van der Waals surface area contributed by atoms with Crippen molar-refractivity contribution >= 4 is 39.9 Å². The molecule has 4 rings (SSSR count). The zero-order valence-corrected chi connectivity index (χ0v) is 17.7. The van der Waals surface area contributed by atoms with Gasteiger partial charge in [0.05, 0.1) is 33.9 Å². The first-order chi connectivity index (χ1) is 14.9. The summed E-state index contributed by atoms with van der Waals surface area (Å²) in [5, 5.41) is 14.2. The number of ether oxygens (including phenoxy) is 1. The first-order valence-corrected chi connectivity index (χ1v) is 10.6. The van der Waals surface area contributed by atoms with E-state index in [1.165, 1.54) is 37.1 Å². The molecule has 160 valence electrons. The van der Waals surface area contributed by atoms with E-state index in [1.807, 2.05) is 6.07 Å². The number of fused-ring (bicyclic) bond motifs is 1. The monoisotopic (exact) mass is 440 g/mol. The maximum absolute atomic E-state index is 13.0. The molecule has 0 aliphatic heterocycles. The molecule has 3 aromatic rings. The van der Waals surface area contributed by atoms with Crippen molar-refractivity contribution in [3.63, 3.8) is 0 Å². The average Bonchev–Trinajstić information content (AvgIpc) is 3.58. The molecule has 0 spiro atoms. The van der Waals surface area contributed by atoms with Crippen LogP contribution >= 0.6 is 11.8 Å². The van der Waals surface area contributed by atoms with Gasteiger partial charge in [-0.15, -0.1) is 0 Å². The number of amides is 1. The van der Waals surface area contributed by atoms with Gasteiger partial charge < -0.3 is 10.1 Å². The third kappa shape index (κ3) is 4.24. The molecule has 31 heavy (non-hydrogen) atoms. The zero-order chi connectivity index (χ0) is 22.1. The standard InChI is InChI=1S/C21H20N4O5S/c1-12(19(26)22-17-11-14(25(28)29)9-10-18(17)30-2)31-21-23-16-6-4-3-5-15(16)20(27)24(21)13-7-8-13/h3-6,9-13H,7-8H2,1-2H3,(H,22,26). The molecular weight excluding hydrogens is 420 g/mol. The van der Waals surface area contributed by atoms with Crippen molar-refractivity contribution in [3.8, 4) is 5.75 Å². The molecule has 1 fully saturated rings. The number of nitrogens with zero attached hydrogens (tertiary/aromatic N) is 3. The number of hydrogen-bond acceptors (Lipinski definition) is 7. The number of rotatable bonds is 7. The maximum Gasteiger partial charge on any atom is 0.271 e. The second-order valence-electron chi connectivity index (χ2n) is 7.21. The summed E-state index contributed by atoms with van der Waals surface area (Å²) in [5.41, 5.74) is 0.527. The number of methoxy groups -OCH3 is 1. The molecule has 0 radical (unpaired) electrons. The van der Waals surface area contributed by atoms with E-state index in [1.54, 1.807) is 29.7 Å². The SMILES string of the molecule is COc1ccc([N+](=O)[O-])cc1NC(=O)C(C)Sc1nc2ccccc2c(=O)n1C1CC1. The van der Waals surface area contributed by atoms with Crippen molar-refractivity contribution in [1.82, 2.24) is 9.55 Å². The number of hydrogen-bond donors (Lipinski definition) is 1. The first-order valence-electron chi connectivity index (χ1n) is 9.70. The second kappa shape index (κ2) is 8.38. The summed E-state index contributed by atoms with van der Waals surface area (Å²) < 4.78 is 6.87. The molecule has 0 saturated heterocycles. The predicted octanol–water partition coefficient (Wildman–Crippen LogP) is 3.77. The van der Waals surface area contributed by atoms with Crippen molar-refractivity contribution in [2.24, 2.45) is 0 Å². The maximum atomic E-state index is 13.0. The number of nitrogens with one attached hydrogen (secondary N) is 1. The average molecular weight is 440 g/mol. The van der Waals surface area contributed by atoms with Crippen molar-refractivity contribution in [2.45, 2.75) is 36.2 Å². The number of carbonyl (C=O) groups excluding carboxylic acids is 1. The van der Waals surface area contributed by atoms with E-state index in [0.717, 1.165) is 12.8 Å². The number of benzene rings is 2. The van der Waals surface area contributed by atoms with Crippen molar-refractivity contribution in [3.05, 3.63) is 62.9 Å². The number of aromatic nitrogens is 2. The van der Waals surface area contributed by atoms with Crippen LogP contribution in [0.25, 0.3) is 10.9 Å². The van der Waals surface area contributed by atoms with Crippen LogP contribution in [0, 0.1) is 10.1 Å². The van der Waals surface area contributed by atoms with Crippen LogP contribution < -0.4 is 15.6 Å². The largest absolute Gasteiger partial charge is 0.495 e. The Morgan fingerprint density at radius 3 is 2.74 bits per heavy atom. The Kier molecular flexibility index (Phi) is 5.64. The van der Waals surface area contributed by atoms with Gasteiger partial charge in [-0.3, -0.25) is 24.3 Å².